The van der Waals surface area contributed by atoms with Crippen LogP contribution in [0.2, 0.25) is 0 Å². The lowest BCUT2D eigenvalue weighted by molar-refractivity contribution is -0.142. The zero-order valence-corrected chi connectivity index (χ0v) is 19.3. The smallest absolute Gasteiger partial charge is 0.343 e. The molecule has 2 aromatic rings. The summed E-state index contributed by atoms with van der Waals surface area (Å²) in [6, 6.07) is 12.5. The first-order valence-corrected chi connectivity index (χ1v) is 11.0. The van der Waals surface area contributed by atoms with Crippen molar-refractivity contribution in [3.63, 3.8) is 0 Å². The van der Waals surface area contributed by atoms with Gasteiger partial charge in [0.15, 0.2) is 18.1 Å². The fourth-order valence-electron chi connectivity index (χ4n) is 2.80. The van der Waals surface area contributed by atoms with Gasteiger partial charge in [0.05, 0.1) is 25.2 Å². The van der Waals surface area contributed by atoms with E-state index in [1.54, 1.807) is 24.3 Å². The summed E-state index contributed by atoms with van der Waals surface area (Å²) in [6.07, 6.45) is 1.64. The largest absolute Gasteiger partial charge is 0.490 e. The standard InChI is InChI=1S/C22H20BrNO6S/c1-3-29-18-10-14(7-8-17(18)30-13-20(25)28-2)11-19-21(26)24(22(27)31-19)12-15-5-4-6-16(23)9-15/h4-11H,3,12-13H2,1-2H3/b19-11+. The highest BCUT2D eigenvalue weighted by Gasteiger charge is 2.35. The number of hydrogen-bond donors (Lipinski definition) is 0. The lowest BCUT2D eigenvalue weighted by atomic mass is 10.1. The van der Waals surface area contributed by atoms with Gasteiger partial charge in [0.2, 0.25) is 0 Å². The van der Waals surface area contributed by atoms with Crippen molar-refractivity contribution in [2.24, 2.45) is 0 Å². The van der Waals surface area contributed by atoms with Crippen LogP contribution in [-0.2, 0) is 20.9 Å². The van der Waals surface area contributed by atoms with E-state index in [0.717, 1.165) is 21.8 Å². The molecule has 0 aliphatic carbocycles. The first-order chi connectivity index (χ1) is 14.9. The monoisotopic (exact) mass is 505 g/mol. The van der Waals surface area contributed by atoms with E-state index >= 15 is 0 Å². The molecule has 2 aromatic carbocycles. The number of halogens is 1. The van der Waals surface area contributed by atoms with E-state index in [0.29, 0.717) is 28.6 Å². The Morgan fingerprint density at radius 1 is 1.13 bits per heavy atom. The van der Waals surface area contributed by atoms with E-state index < -0.39 is 5.97 Å². The molecule has 162 valence electrons. The van der Waals surface area contributed by atoms with Crippen molar-refractivity contribution in [2.75, 3.05) is 20.3 Å². The van der Waals surface area contributed by atoms with Gasteiger partial charge in [-0.25, -0.2) is 4.79 Å². The highest BCUT2D eigenvalue weighted by molar-refractivity contribution is 9.10. The van der Waals surface area contributed by atoms with Crippen LogP contribution < -0.4 is 9.47 Å². The van der Waals surface area contributed by atoms with Crippen LogP contribution in [0.4, 0.5) is 4.79 Å². The Morgan fingerprint density at radius 3 is 2.65 bits per heavy atom. The minimum atomic E-state index is -0.509. The Bertz CT molecular complexity index is 1040. The number of benzene rings is 2. The van der Waals surface area contributed by atoms with E-state index in [1.165, 1.54) is 12.0 Å². The molecule has 0 saturated carbocycles. The molecule has 2 amide bonds. The zero-order valence-electron chi connectivity index (χ0n) is 16.9. The fourth-order valence-corrected chi connectivity index (χ4v) is 4.09. The molecule has 0 radical (unpaired) electrons. The number of amides is 2. The Labute approximate surface area is 192 Å². The van der Waals surface area contributed by atoms with Crippen molar-refractivity contribution < 1.29 is 28.6 Å². The molecule has 1 aliphatic heterocycles. The van der Waals surface area contributed by atoms with Crippen LogP contribution in [0, 0.1) is 0 Å². The first kappa shape index (κ1) is 22.9. The maximum Gasteiger partial charge on any atom is 0.343 e. The topological polar surface area (TPSA) is 82.1 Å². The molecule has 1 saturated heterocycles. The molecule has 0 N–H and O–H groups in total. The van der Waals surface area contributed by atoms with Gasteiger partial charge >= 0.3 is 5.97 Å². The Hall–Kier alpha value is -2.78. The number of esters is 1. The molecular formula is C22H20BrNO6S. The third kappa shape index (κ3) is 5.89. The van der Waals surface area contributed by atoms with E-state index in [1.807, 2.05) is 31.2 Å². The van der Waals surface area contributed by atoms with Gasteiger partial charge in [-0.3, -0.25) is 14.5 Å². The molecular weight excluding hydrogens is 486 g/mol. The number of hydrogen-bond acceptors (Lipinski definition) is 7. The van der Waals surface area contributed by atoms with Crippen LogP contribution in [0.3, 0.4) is 0 Å². The van der Waals surface area contributed by atoms with Gasteiger partial charge < -0.3 is 14.2 Å². The van der Waals surface area contributed by atoms with Gasteiger partial charge in [0.25, 0.3) is 11.1 Å². The molecule has 0 spiro atoms. The molecule has 0 atom stereocenters. The lowest BCUT2D eigenvalue weighted by Crippen LogP contribution is -2.27. The minimum Gasteiger partial charge on any atom is -0.490 e. The molecule has 1 aliphatic rings. The Kier molecular flexibility index (Phi) is 7.75. The first-order valence-electron chi connectivity index (χ1n) is 9.37. The van der Waals surface area contributed by atoms with Gasteiger partial charge in [0.1, 0.15) is 0 Å². The molecule has 1 heterocycles. The number of carbonyl (C=O) groups is 3. The van der Waals surface area contributed by atoms with Crippen LogP contribution in [0.25, 0.3) is 6.08 Å². The number of carbonyl (C=O) groups excluding carboxylic acids is 3. The number of rotatable bonds is 8. The molecule has 3 rings (SSSR count). The summed E-state index contributed by atoms with van der Waals surface area (Å²) in [5.74, 6) is -0.0507. The van der Waals surface area contributed by atoms with Gasteiger partial charge in [-0.05, 0) is 60.2 Å². The number of thioether (sulfide) groups is 1. The molecule has 31 heavy (non-hydrogen) atoms. The average Bonchev–Trinajstić information content (AvgIpc) is 3.00. The number of methoxy groups -OCH3 is 1. The molecule has 1 fully saturated rings. The van der Waals surface area contributed by atoms with Gasteiger partial charge in [-0.1, -0.05) is 34.1 Å². The third-order valence-electron chi connectivity index (χ3n) is 4.24. The van der Waals surface area contributed by atoms with Crippen molar-refractivity contribution in [3.05, 3.63) is 63.0 Å². The SMILES string of the molecule is CCOc1cc(/C=C2/SC(=O)N(Cc3cccc(Br)c3)C2=O)ccc1OCC(=O)OC. The van der Waals surface area contributed by atoms with Gasteiger partial charge in [0, 0.05) is 4.47 Å². The van der Waals surface area contributed by atoms with E-state index in [-0.39, 0.29) is 24.3 Å². The van der Waals surface area contributed by atoms with Crippen LogP contribution in [-0.4, -0.2) is 42.3 Å². The summed E-state index contributed by atoms with van der Waals surface area (Å²) in [4.78, 5) is 38.1. The predicted octanol–water partition coefficient (Wildman–Crippen LogP) is 4.64. The van der Waals surface area contributed by atoms with Crippen LogP contribution in [0.1, 0.15) is 18.1 Å². The summed E-state index contributed by atoms with van der Waals surface area (Å²) in [5, 5.41) is -0.320. The summed E-state index contributed by atoms with van der Waals surface area (Å²) < 4.78 is 16.5. The van der Waals surface area contributed by atoms with Gasteiger partial charge in [-0.2, -0.15) is 0 Å². The summed E-state index contributed by atoms with van der Waals surface area (Å²) in [7, 11) is 1.28. The predicted molar refractivity (Wildman–Crippen MR) is 121 cm³/mol. The van der Waals surface area contributed by atoms with E-state index in [9.17, 15) is 14.4 Å². The second kappa shape index (κ2) is 10.5. The highest BCUT2D eigenvalue weighted by Crippen LogP contribution is 2.35. The Morgan fingerprint density at radius 2 is 1.94 bits per heavy atom. The minimum absolute atomic E-state index is 0.200. The third-order valence-corrected chi connectivity index (χ3v) is 5.64. The second-order valence-electron chi connectivity index (χ2n) is 6.40. The van der Waals surface area contributed by atoms with Crippen molar-refractivity contribution in [3.8, 4) is 11.5 Å². The molecule has 0 bridgehead atoms. The molecule has 0 unspecified atom stereocenters. The molecule has 0 aromatic heterocycles. The summed E-state index contributed by atoms with van der Waals surface area (Å²) in [5.41, 5.74) is 1.52. The normalized spacial score (nSPS) is 14.8. The highest BCUT2D eigenvalue weighted by atomic mass is 79.9. The van der Waals surface area contributed by atoms with Crippen molar-refractivity contribution in [1.82, 2.24) is 4.90 Å². The summed E-state index contributed by atoms with van der Waals surface area (Å²) >= 11 is 4.29. The number of nitrogens with zero attached hydrogens (tertiary/aromatic N) is 1. The zero-order chi connectivity index (χ0) is 22.4. The van der Waals surface area contributed by atoms with E-state index in [2.05, 4.69) is 20.7 Å². The molecule has 7 nitrogen and oxygen atoms in total. The Balaban J connectivity index is 1.78. The van der Waals surface area contributed by atoms with Crippen molar-refractivity contribution in [2.45, 2.75) is 13.5 Å². The van der Waals surface area contributed by atoms with Crippen LogP contribution in [0.15, 0.2) is 51.8 Å². The van der Waals surface area contributed by atoms with Crippen LogP contribution >= 0.6 is 27.7 Å². The van der Waals surface area contributed by atoms with Crippen molar-refractivity contribution >= 4 is 50.9 Å². The summed E-state index contributed by atoms with van der Waals surface area (Å²) in [6.45, 7) is 2.17. The average molecular weight is 506 g/mol. The molecule has 9 heteroatoms. The van der Waals surface area contributed by atoms with Crippen molar-refractivity contribution in [1.29, 1.82) is 0 Å². The fraction of sp³-hybridized carbons (Fsp3) is 0.227. The second-order valence-corrected chi connectivity index (χ2v) is 8.31. The van der Waals surface area contributed by atoms with Crippen LogP contribution in [0.5, 0.6) is 11.5 Å². The van der Waals surface area contributed by atoms with Gasteiger partial charge in [-0.15, -0.1) is 0 Å². The lowest BCUT2D eigenvalue weighted by Gasteiger charge is -2.13. The maximum atomic E-state index is 12.8. The number of imide groups is 1. The quantitative estimate of drug-likeness (QED) is 0.381. The maximum absolute atomic E-state index is 12.8. The van der Waals surface area contributed by atoms with E-state index in [4.69, 9.17) is 9.47 Å². The number of ether oxygens (including phenoxy) is 3.